The number of hydrogen-bond donors (Lipinski definition) is 0. The summed E-state index contributed by atoms with van der Waals surface area (Å²) in [7, 11) is 0. The van der Waals surface area contributed by atoms with Crippen molar-refractivity contribution >= 4 is 11.6 Å². The molecule has 3 aromatic rings. The third-order valence-electron chi connectivity index (χ3n) is 5.43. The molecule has 0 N–H and O–H groups in total. The van der Waals surface area contributed by atoms with E-state index < -0.39 is 0 Å². The lowest BCUT2D eigenvalue weighted by Crippen LogP contribution is -2.48. The fourth-order valence-corrected chi connectivity index (χ4v) is 4.22. The van der Waals surface area contributed by atoms with Gasteiger partial charge in [-0.15, -0.1) is 0 Å². The summed E-state index contributed by atoms with van der Waals surface area (Å²) in [6.45, 7) is 4.30. The summed E-state index contributed by atoms with van der Waals surface area (Å²) in [5, 5.41) is 0.793. The van der Waals surface area contributed by atoms with E-state index in [1.54, 1.807) is 0 Å². The van der Waals surface area contributed by atoms with Gasteiger partial charge in [0.25, 0.3) is 0 Å². The lowest BCUT2D eigenvalue weighted by atomic mass is 9.77. The van der Waals surface area contributed by atoms with Crippen LogP contribution in [-0.4, -0.2) is 11.4 Å². The van der Waals surface area contributed by atoms with Gasteiger partial charge in [0.1, 0.15) is 0 Å². The van der Waals surface area contributed by atoms with Crippen LogP contribution in [0.15, 0.2) is 78.9 Å². The van der Waals surface area contributed by atoms with Gasteiger partial charge in [0.2, 0.25) is 0 Å². The molecule has 0 bridgehead atoms. The van der Waals surface area contributed by atoms with Gasteiger partial charge in [0.15, 0.2) is 0 Å². The zero-order valence-electron chi connectivity index (χ0n) is 14.5. The van der Waals surface area contributed by atoms with Crippen LogP contribution in [0.4, 0.5) is 0 Å². The van der Waals surface area contributed by atoms with Crippen molar-refractivity contribution in [2.24, 2.45) is 0 Å². The summed E-state index contributed by atoms with van der Waals surface area (Å²) in [6, 6.07) is 27.9. The maximum absolute atomic E-state index is 6.34. The van der Waals surface area contributed by atoms with E-state index in [4.69, 9.17) is 11.6 Å². The molecule has 25 heavy (non-hydrogen) atoms. The van der Waals surface area contributed by atoms with Crippen molar-refractivity contribution in [2.75, 3.05) is 6.54 Å². The van der Waals surface area contributed by atoms with Crippen molar-refractivity contribution in [2.45, 2.75) is 25.4 Å². The summed E-state index contributed by atoms with van der Waals surface area (Å²) in [5.74, 6) is 0. The molecule has 0 fully saturated rings. The smallest absolute Gasteiger partial charge is 0.0693 e. The summed E-state index contributed by atoms with van der Waals surface area (Å²) in [5.41, 5.74) is 5.24. The Bertz CT molecular complexity index is 874. The molecule has 1 atom stereocenters. The molecule has 0 amide bonds. The number of halogens is 1. The summed E-state index contributed by atoms with van der Waals surface area (Å²) < 4.78 is 0. The number of fused-ring (bicyclic) bond motifs is 1. The van der Waals surface area contributed by atoms with Crippen molar-refractivity contribution < 1.29 is 0 Å². The van der Waals surface area contributed by atoms with Gasteiger partial charge in [-0.3, -0.25) is 4.90 Å². The maximum atomic E-state index is 6.34. The molecule has 1 unspecified atom stereocenters. The molecule has 1 nitrogen and oxygen atoms in total. The highest BCUT2D eigenvalue weighted by atomic mass is 35.5. The van der Waals surface area contributed by atoms with Crippen LogP contribution in [0.3, 0.4) is 0 Å². The first-order valence-corrected chi connectivity index (χ1v) is 9.19. The Balaban J connectivity index is 1.84. The van der Waals surface area contributed by atoms with Crippen LogP contribution in [-0.2, 0) is 18.5 Å². The predicted octanol–water partition coefficient (Wildman–Crippen LogP) is 5.66. The molecule has 0 radical (unpaired) electrons. The lowest BCUT2D eigenvalue weighted by molar-refractivity contribution is 0.117. The van der Waals surface area contributed by atoms with Crippen molar-refractivity contribution in [3.8, 4) is 0 Å². The van der Waals surface area contributed by atoms with Gasteiger partial charge in [0.05, 0.1) is 5.54 Å². The normalized spacial score (nSPS) is 20.2. The zero-order valence-corrected chi connectivity index (χ0v) is 15.2. The van der Waals surface area contributed by atoms with Gasteiger partial charge in [-0.05, 0) is 47.7 Å². The van der Waals surface area contributed by atoms with Gasteiger partial charge in [-0.2, -0.15) is 0 Å². The second-order valence-corrected chi connectivity index (χ2v) is 7.33. The van der Waals surface area contributed by atoms with Crippen LogP contribution in [0.2, 0.25) is 5.02 Å². The van der Waals surface area contributed by atoms with E-state index in [2.05, 4.69) is 84.6 Å². The van der Waals surface area contributed by atoms with E-state index in [1.807, 2.05) is 6.07 Å². The van der Waals surface area contributed by atoms with Crippen molar-refractivity contribution in [1.82, 2.24) is 4.90 Å². The van der Waals surface area contributed by atoms with E-state index in [0.717, 1.165) is 24.5 Å². The zero-order chi connectivity index (χ0) is 17.3. The Kier molecular flexibility index (Phi) is 4.37. The van der Waals surface area contributed by atoms with E-state index in [9.17, 15) is 0 Å². The summed E-state index contributed by atoms with van der Waals surface area (Å²) >= 11 is 6.34. The fraction of sp³-hybridized carbons (Fsp3) is 0.217. The molecule has 2 heteroatoms. The van der Waals surface area contributed by atoms with Crippen LogP contribution in [0.25, 0.3) is 0 Å². The Morgan fingerprint density at radius 1 is 0.920 bits per heavy atom. The Morgan fingerprint density at radius 3 is 2.48 bits per heavy atom. The van der Waals surface area contributed by atoms with Gasteiger partial charge in [-0.1, -0.05) is 78.3 Å². The predicted molar refractivity (Wildman–Crippen MR) is 105 cm³/mol. The van der Waals surface area contributed by atoms with Crippen molar-refractivity contribution in [1.29, 1.82) is 0 Å². The number of benzene rings is 3. The highest BCUT2D eigenvalue weighted by Gasteiger charge is 2.39. The highest BCUT2D eigenvalue weighted by Crippen LogP contribution is 2.42. The number of hydrogen-bond acceptors (Lipinski definition) is 1. The van der Waals surface area contributed by atoms with Crippen molar-refractivity contribution in [3.63, 3.8) is 0 Å². The highest BCUT2D eigenvalue weighted by molar-refractivity contribution is 6.30. The minimum absolute atomic E-state index is 0.185. The average molecular weight is 348 g/mol. The molecule has 1 aliphatic heterocycles. The van der Waals surface area contributed by atoms with E-state index in [-0.39, 0.29) is 5.54 Å². The molecule has 1 heterocycles. The first kappa shape index (κ1) is 16.4. The molecule has 1 aliphatic rings. The molecule has 3 aromatic carbocycles. The summed E-state index contributed by atoms with van der Waals surface area (Å²) in [4.78, 5) is 2.58. The van der Waals surface area contributed by atoms with Gasteiger partial charge >= 0.3 is 0 Å². The molecule has 0 saturated heterocycles. The topological polar surface area (TPSA) is 3.24 Å². The van der Waals surface area contributed by atoms with Crippen LogP contribution in [0.1, 0.15) is 29.2 Å². The van der Waals surface area contributed by atoms with Crippen LogP contribution >= 0.6 is 11.6 Å². The van der Waals surface area contributed by atoms with E-state index in [0.29, 0.717) is 0 Å². The quantitative estimate of drug-likeness (QED) is 0.590. The van der Waals surface area contributed by atoms with E-state index in [1.165, 1.54) is 22.3 Å². The molecular formula is C23H22ClN. The minimum Gasteiger partial charge on any atom is -0.285 e. The van der Waals surface area contributed by atoms with Gasteiger partial charge < -0.3 is 0 Å². The van der Waals surface area contributed by atoms with Crippen LogP contribution in [0, 0.1) is 0 Å². The monoisotopic (exact) mass is 347 g/mol. The molecule has 4 rings (SSSR count). The molecule has 126 valence electrons. The molecule has 0 aliphatic carbocycles. The SMILES string of the molecule is CC1(c2cccc(Cl)c2)c2ccccc2CCN1Cc1ccccc1. The maximum Gasteiger partial charge on any atom is 0.0693 e. The van der Waals surface area contributed by atoms with Gasteiger partial charge in [-0.25, -0.2) is 0 Å². The Morgan fingerprint density at radius 2 is 1.68 bits per heavy atom. The minimum atomic E-state index is -0.185. The third-order valence-corrected chi connectivity index (χ3v) is 5.66. The first-order chi connectivity index (χ1) is 12.2. The van der Waals surface area contributed by atoms with Crippen LogP contribution in [0.5, 0.6) is 0 Å². The molecular weight excluding hydrogens is 326 g/mol. The first-order valence-electron chi connectivity index (χ1n) is 8.81. The fourth-order valence-electron chi connectivity index (χ4n) is 4.03. The molecule has 0 spiro atoms. The van der Waals surface area contributed by atoms with E-state index >= 15 is 0 Å². The average Bonchev–Trinajstić information content (AvgIpc) is 2.65. The summed E-state index contributed by atoms with van der Waals surface area (Å²) in [6.07, 6.45) is 1.08. The Hall–Kier alpha value is -2.09. The second kappa shape index (κ2) is 6.67. The third kappa shape index (κ3) is 2.99. The standard InChI is InChI=1S/C23H22ClN/c1-23(20-11-7-12-21(24)16-20)22-13-6-5-10-19(22)14-15-25(23)17-18-8-3-2-4-9-18/h2-13,16H,14-15,17H2,1H3. The largest absolute Gasteiger partial charge is 0.285 e. The number of rotatable bonds is 3. The lowest BCUT2D eigenvalue weighted by Gasteiger charge is -2.47. The van der Waals surface area contributed by atoms with Crippen LogP contribution < -0.4 is 0 Å². The van der Waals surface area contributed by atoms with Crippen molar-refractivity contribution in [3.05, 3.63) is 106 Å². The molecule has 0 saturated carbocycles. The second-order valence-electron chi connectivity index (χ2n) is 6.90. The molecule has 0 aromatic heterocycles. The number of nitrogens with zero attached hydrogens (tertiary/aromatic N) is 1. The Labute approximate surface area is 154 Å². The van der Waals surface area contributed by atoms with Gasteiger partial charge in [0, 0.05) is 18.1 Å².